The first-order chi connectivity index (χ1) is 9.84. The van der Waals surface area contributed by atoms with Gasteiger partial charge in [0.1, 0.15) is 0 Å². The Kier molecular flexibility index (Phi) is 4.33. The van der Waals surface area contributed by atoms with E-state index in [1.165, 1.54) is 0 Å². The summed E-state index contributed by atoms with van der Waals surface area (Å²) in [6.45, 7) is 2.62. The number of carbonyl (C=O) groups is 1. The Morgan fingerprint density at radius 2 is 2.10 bits per heavy atom. The number of hydrogen-bond acceptors (Lipinski definition) is 3. The third-order valence-corrected chi connectivity index (χ3v) is 4.19. The summed E-state index contributed by atoms with van der Waals surface area (Å²) < 4.78 is 5.89. The standard InChI is InChI=1S/C16H22N2O2/c19-16(18-13-8-9-17-11-13)14-7-4-10-20-15(14)12-5-2-1-3-6-12/h1-3,5-6,13-15,17H,4,7-11H2,(H,18,19)/t13-,14?,15?/m1/s1. The van der Waals surface area contributed by atoms with E-state index in [0.717, 1.165) is 44.5 Å². The van der Waals surface area contributed by atoms with Crippen molar-refractivity contribution in [3.8, 4) is 0 Å². The fraction of sp³-hybridized carbons (Fsp3) is 0.562. The van der Waals surface area contributed by atoms with E-state index in [9.17, 15) is 4.79 Å². The molecule has 4 nitrogen and oxygen atoms in total. The van der Waals surface area contributed by atoms with E-state index in [4.69, 9.17) is 4.74 Å². The fourth-order valence-electron chi connectivity index (χ4n) is 3.11. The molecule has 2 fully saturated rings. The fourth-order valence-corrected chi connectivity index (χ4v) is 3.11. The van der Waals surface area contributed by atoms with Gasteiger partial charge in [0.2, 0.25) is 5.91 Å². The highest BCUT2D eigenvalue weighted by Crippen LogP contribution is 2.33. The molecule has 0 bridgehead atoms. The molecular weight excluding hydrogens is 252 g/mol. The topological polar surface area (TPSA) is 50.4 Å². The summed E-state index contributed by atoms with van der Waals surface area (Å²) >= 11 is 0. The van der Waals surface area contributed by atoms with Crippen LogP contribution in [0.25, 0.3) is 0 Å². The quantitative estimate of drug-likeness (QED) is 0.881. The van der Waals surface area contributed by atoms with Crippen molar-refractivity contribution in [3.63, 3.8) is 0 Å². The molecule has 4 heteroatoms. The van der Waals surface area contributed by atoms with Gasteiger partial charge in [0.05, 0.1) is 12.0 Å². The van der Waals surface area contributed by atoms with Crippen molar-refractivity contribution >= 4 is 5.91 Å². The monoisotopic (exact) mass is 274 g/mol. The van der Waals surface area contributed by atoms with Crippen molar-refractivity contribution in [1.29, 1.82) is 0 Å². The van der Waals surface area contributed by atoms with Crippen LogP contribution in [0.15, 0.2) is 30.3 Å². The van der Waals surface area contributed by atoms with Crippen LogP contribution < -0.4 is 10.6 Å². The van der Waals surface area contributed by atoms with Crippen molar-refractivity contribution in [2.45, 2.75) is 31.4 Å². The molecule has 108 valence electrons. The van der Waals surface area contributed by atoms with Crippen molar-refractivity contribution in [2.24, 2.45) is 5.92 Å². The molecule has 2 aliphatic rings. The molecule has 1 aromatic rings. The van der Waals surface area contributed by atoms with Crippen molar-refractivity contribution in [3.05, 3.63) is 35.9 Å². The Morgan fingerprint density at radius 1 is 1.25 bits per heavy atom. The second-order valence-electron chi connectivity index (χ2n) is 5.65. The molecule has 0 spiro atoms. The number of carbonyl (C=O) groups excluding carboxylic acids is 1. The Morgan fingerprint density at radius 3 is 2.85 bits per heavy atom. The first-order valence-corrected chi connectivity index (χ1v) is 7.52. The Bertz CT molecular complexity index is 443. The Balaban J connectivity index is 1.70. The maximum Gasteiger partial charge on any atom is 0.226 e. The summed E-state index contributed by atoms with van der Waals surface area (Å²) in [5, 5.41) is 6.44. The zero-order valence-electron chi connectivity index (χ0n) is 11.7. The van der Waals surface area contributed by atoms with Crippen LogP contribution in [-0.4, -0.2) is 31.6 Å². The van der Waals surface area contributed by atoms with Crippen LogP contribution in [0.5, 0.6) is 0 Å². The normalized spacial score (nSPS) is 30.1. The van der Waals surface area contributed by atoms with Gasteiger partial charge in [0, 0.05) is 19.2 Å². The molecule has 3 rings (SSSR count). The first-order valence-electron chi connectivity index (χ1n) is 7.52. The molecule has 1 amide bonds. The molecule has 2 saturated heterocycles. The van der Waals surface area contributed by atoms with Gasteiger partial charge in [-0.15, -0.1) is 0 Å². The van der Waals surface area contributed by atoms with Gasteiger partial charge in [0.15, 0.2) is 0 Å². The molecule has 1 aromatic carbocycles. The van der Waals surface area contributed by atoms with Gasteiger partial charge in [0.25, 0.3) is 0 Å². The molecule has 0 aromatic heterocycles. The molecule has 2 unspecified atom stereocenters. The molecule has 20 heavy (non-hydrogen) atoms. The Hall–Kier alpha value is -1.39. The number of hydrogen-bond donors (Lipinski definition) is 2. The third kappa shape index (κ3) is 3.02. The lowest BCUT2D eigenvalue weighted by atomic mass is 9.88. The molecule has 0 saturated carbocycles. The lowest BCUT2D eigenvalue weighted by molar-refractivity contribution is -0.135. The lowest BCUT2D eigenvalue weighted by Crippen LogP contribution is -2.43. The SMILES string of the molecule is O=C(N[C@@H]1CCNC1)C1CCCOC1c1ccccc1. The predicted octanol–water partition coefficient (Wildman–Crippen LogP) is 1.63. The average molecular weight is 274 g/mol. The van der Waals surface area contributed by atoms with Gasteiger partial charge >= 0.3 is 0 Å². The molecule has 0 radical (unpaired) electrons. The van der Waals surface area contributed by atoms with Crippen LogP contribution in [0.4, 0.5) is 0 Å². The zero-order chi connectivity index (χ0) is 13.8. The molecule has 2 aliphatic heterocycles. The smallest absolute Gasteiger partial charge is 0.226 e. The second-order valence-corrected chi connectivity index (χ2v) is 5.65. The van der Waals surface area contributed by atoms with Gasteiger partial charge in [-0.05, 0) is 31.4 Å². The van der Waals surface area contributed by atoms with E-state index in [2.05, 4.69) is 10.6 Å². The highest BCUT2D eigenvalue weighted by Gasteiger charge is 2.34. The molecule has 0 aliphatic carbocycles. The number of rotatable bonds is 3. The lowest BCUT2D eigenvalue weighted by Gasteiger charge is -2.32. The number of nitrogens with one attached hydrogen (secondary N) is 2. The van der Waals surface area contributed by atoms with E-state index >= 15 is 0 Å². The first kappa shape index (κ1) is 13.6. The number of benzene rings is 1. The summed E-state index contributed by atoms with van der Waals surface area (Å²) in [5.41, 5.74) is 1.11. The van der Waals surface area contributed by atoms with Gasteiger partial charge in [-0.1, -0.05) is 30.3 Å². The van der Waals surface area contributed by atoms with E-state index in [0.29, 0.717) is 0 Å². The molecule has 3 atom stereocenters. The highest BCUT2D eigenvalue weighted by atomic mass is 16.5. The van der Waals surface area contributed by atoms with Crippen molar-refractivity contribution in [1.82, 2.24) is 10.6 Å². The van der Waals surface area contributed by atoms with Gasteiger partial charge in [-0.2, -0.15) is 0 Å². The third-order valence-electron chi connectivity index (χ3n) is 4.19. The minimum atomic E-state index is -0.0979. The average Bonchev–Trinajstić information content (AvgIpc) is 3.01. The molecule has 2 N–H and O–H groups in total. The summed E-state index contributed by atoms with van der Waals surface area (Å²) in [7, 11) is 0. The van der Waals surface area contributed by atoms with E-state index < -0.39 is 0 Å². The maximum absolute atomic E-state index is 12.5. The van der Waals surface area contributed by atoms with E-state index in [1.54, 1.807) is 0 Å². The van der Waals surface area contributed by atoms with E-state index in [1.807, 2.05) is 30.3 Å². The van der Waals surface area contributed by atoms with Gasteiger partial charge < -0.3 is 15.4 Å². The minimum Gasteiger partial charge on any atom is -0.373 e. The highest BCUT2D eigenvalue weighted by molar-refractivity contribution is 5.80. The number of ether oxygens (including phenoxy) is 1. The zero-order valence-corrected chi connectivity index (χ0v) is 11.7. The van der Waals surface area contributed by atoms with Crippen molar-refractivity contribution in [2.75, 3.05) is 19.7 Å². The Labute approximate surface area is 119 Å². The van der Waals surface area contributed by atoms with E-state index in [-0.39, 0.29) is 24.0 Å². The summed E-state index contributed by atoms with van der Waals surface area (Å²) in [6.07, 6.45) is 2.80. The summed E-state index contributed by atoms with van der Waals surface area (Å²) in [5.74, 6) is 0.0824. The summed E-state index contributed by atoms with van der Waals surface area (Å²) in [6, 6.07) is 10.4. The number of amides is 1. The maximum atomic E-state index is 12.5. The van der Waals surface area contributed by atoms with Crippen LogP contribution in [0.1, 0.15) is 30.9 Å². The second kappa shape index (κ2) is 6.37. The minimum absolute atomic E-state index is 0.0632. The molecule has 2 heterocycles. The predicted molar refractivity (Wildman–Crippen MR) is 77.3 cm³/mol. The molecular formula is C16H22N2O2. The largest absolute Gasteiger partial charge is 0.373 e. The van der Waals surface area contributed by atoms with Crippen LogP contribution in [0.2, 0.25) is 0 Å². The van der Waals surface area contributed by atoms with Crippen LogP contribution in [0.3, 0.4) is 0 Å². The van der Waals surface area contributed by atoms with Crippen LogP contribution in [-0.2, 0) is 9.53 Å². The summed E-state index contributed by atoms with van der Waals surface area (Å²) in [4.78, 5) is 12.5. The van der Waals surface area contributed by atoms with Crippen LogP contribution >= 0.6 is 0 Å². The van der Waals surface area contributed by atoms with Crippen LogP contribution in [0, 0.1) is 5.92 Å². The van der Waals surface area contributed by atoms with Gasteiger partial charge in [-0.3, -0.25) is 4.79 Å². The van der Waals surface area contributed by atoms with Gasteiger partial charge in [-0.25, -0.2) is 0 Å². The van der Waals surface area contributed by atoms with Crippen molar-refractivity contribution < 1.29 is 9.53 Å².